The van der Waals surface area contributed by atoms with Crippen LogP contribution in [0, 0.1) is 0 Å². The second kappa shape index (κ2) is 9.28. The van der Waals surface area contributed by atoms with Crippen LogP contribution in [0.1, 0.15) is 26.7 Å². The van der Waals surface area contributed by atoms with Crippen molar-refractivity contribution in [1.82, 2.24) is 0 Å². The molecule has 0 bridgehead atoms. The summed E-state index contributed by atoms with van der Waals surface area (Å²) >= 11 is 0. The Balaban J connectivity index is 5.00. The SMILES string of the molecule is CCC(OP(=O)(OC)OC)C(CC)OP(=O)(OC)OC. The van der Waals surface area contributed by atoms with E-state index in [0.717, 1.165) is 0 Å². The lowest BCUT2D eigenvalue weighted by atomic mass is 10.1. The van der Waals surface area contributed by atoms with Crippen molar-refractivity contribution in [1.29, 1.82) is 0 Å². The Morgan fingerprint density at radius 1 is 0.700 bits per heavy atom. The Morgan fingerprint density at radius 2 is 0.950 bits per heavy atom. The third-order valence-corrected chi connectivity index (χ3v) is 5.49. The number of hydrogen-bond acceptors (Lipinski definition) is 8. The summed E-state index contributed by atoms with van der Waals surface area (Å²) in [5, 5.41) is 0. The Morgan fingerprint density at radius 3 is 1.10 bits per heavy atom. The second-order valence-corrected chi connectivity index (χ2v) is 7.40. The minimum absolute atomic E-state index is 0.447. The van der Waals surface area contributed by atoms with Crippen LogP contribution in [-0.4, -0.2) is 40.6 Å². The maximum absolute atomic E-state index is 12.0. The molecule has 0 aromatic carbocycles. The van der Waals surface area contributed by atoms with Gasteiger partial charge in [-0.15, -0.1) is 0 Å². The van der Waals surface area contributed by atoms with Crippen LogP contribution < -0.4 is 0 Å². The maximum Gasteiger partial charge on any atom is 0.474 e. The van der Waals surface area contributed by atoms with Crippen LogP contribution in [0.15, 0.2) is 0 Å². The fraction of sp³-hybridized carbons (Fsp3) is 1.00. The van der Waals surface area contributed by atoms with Crippen molar-refractivity contribution in [3.05, 3.63) is 0 Å². The van der Waals surface area contributed by atoms with E-state index in [1.165, 1.54) is 28.4 Å². The van der Waals surface area contributed by atoms with Crippen molar-refractivity contribution in [3.8, 4) is 0 Å². The topological polar surface area (TPSA) is 89.5 Å². The first kappa shape index (κ1) is 20.2. The van der Waals surface area contributed by atoms with Crippen LogP contribution in [0.4, 0.5) is 0 Å². The molecule has 0 fully saturated rings. The van der Waals surface area contributed by atoms with Crippen molar-refractivity contribution >= 4 is 15.6 Å². The average Bonchev–Trinajstić information content (AvgIpc) is 2.50. The minimum Gasteiger partial charge on any atom is -0.290 e. The Bertz CT molecular complexity index is 311. The zero-order valence-corrected chi connectivity index (χ0v) is 14.5. The molecule has 0 aliphatic rings. The van der Waals surface area contributed by atoms with Gasteiger partial charge in [-0.2, -0.15) is 0 Å². The molecule has 2 atom stereocenters. The summed E-state index contributed by atoms with van der Waals surface area (Å²) in [7, 11) is -2.44. The van der Waals surface area contributed by atoms with Gasteiger partial charge in [0.15, 0.2) is 0 Å². The number of phosphoric acid groups is 2. The van der Waals surface area contributed by atoms with E-state index < -0.39 is 27.9 Å². The first-order valence-electron chi connectivity index (χ1n) is 6.13. The van der Waals surface area contributed by atoms with E-state index >= 15 is 0 Å². The molecule has 0 aliphatic heterocycles. The van der Waals surface area contributed by atoms with Crippen LogP contribution in [-0.2, 0) is 36.3 Å². The lowest BCUT2D eigenvalue weighted by molar-refractivity contribution is -0.000730. The van der Waals surface area contributed by atoms with Gasteiger partial charge < -0.3 is 0 Å². The van der Waals surface area contributed by atoms with Gasteiger partial charge in [0.05, 0.1) is 12.2 Å². The normalized spacial score (nSPS) is 16.1. The molecular weight excluding hydrogens is 310 g/mol. The molecule has 0 aromatic heterocycles. The first-order chi connectivity index (χ1) is 9.33. The van der Waals surface area contributed by atoms with Crippen molar-refractivity contribution in [2.24, 2.45) is 0 Å². The highest BCUT2D eigenvalue weighted by Crippen LogP contribution is 2.53. The fourth-order valence-corrected chi connectivity index (χ4v) is 3.34. The molecule has 0 saturated carbocycles. The molecule has 0 rings (SSSR count). The molecule has 10 heteroatoms. The molecule has 0 amide bonds. The number of phosphoric ester groups is 2. The fourth-order valence-electron chi connectivity index (χ4n) is 1.46. The lowest BCUT2D eigenvalue weighted by Gasteiger charge is -2.29. The van der Waals surface area contributed by atoms with E-state index in [1.807, 2.05) is 0 Å². The number of rotatable bonds is 11. The van der Waals surface area contributed by atoms with E-state index in [9.17, 15) is 9.13 Å². The van der Waals surface area contributed by atoms with Crippen molar-refractivity contribution < 1.29 is 36.3 Å². The summed E-state index contributed by atoms with van der Waals surface area (Å²) in [4.78, 5) is 0. The van der Waals surface area contributed by atoms with Gasteiger partial charge in [0.1, 0.15) is 0 Å². The predicted molar refractivity (Wildman–Crippen MR) is 73.6 cm³/mol. The minimum atomic E-state index is -3.65. The molecule has 0 heterocycles. The average molecular weight is 334 g/mol. The first-order valence-corrected chi connectivity index (χ1v) is 9.05. The van der Waals surface area contributed by atoms with Gasteiger partial charge in [0.25, 0.3) is 0 Å². The van der Waals surface area contributed by atoms with E-state index in [1.54, 1.807) is 13.8 Å². The van der Waals surface area contributed by atoms with Gasteiger partial charge in [-0.05, 0) is 12.8 Å². The second-order valence-electron chi connectivity index (χ2n) is 3.73. The van der Waals surface area contributed by atoms with Gasteiger partial charge in [-0.1, -0.05) is 13.8 Å². The van der Waals surface area contributed by atoms with E-state index in [2.05, 4.69) is 0 Å². The monoisotopic (exact) mass is 334 g/mol. The van der Waals surface area contributed by atoms with Gasteiger partial charge >= 0.3 is 15.6 Å². The van der Waals surface area contributed by atoms with Crippen LogP contribution in [0.5, 0.6) is 0 Å². The van der Waals surface area contributed by atoms with Crippen LogP contribution in [0.3, 0.4) is 0 Å². The van der Waals surface area contributed by atoms with Crippen molar-refractivity contribution in [3.63, 3.8) is 0 Å². The third-order valence-electron chi connectivity index (χ3n) is 2.64. The summed E-state index contributed by atoms with van der Waals surface area (Å²) < 4.78 is 53.5. The smallest absolute Gasteiger partial charge is 0.290 e. The molecule has 0 aromatic rings. The summed E-state index contributed by atoms with van der Waals surface area (Å²) in [5.41, 5.74) is 0. The zero-order valence-electron chi connectivity index (χ0n) is 12.7. The van der Waals surface area contributed by atoms with Gasteiger partial charge in [-0.25, -0.2) is 9.13 Å². The summed E-state index contributed by atoms with van der Waals surface area (Å²) in [6.07, 6.45) is -0.403. The molecule has 0 radical (unpaired) electrons. The molecule has 2 unspecified atom stereocenters. The summed E-state index contributed by atoms with van der Waals surface area (Å²) in [6.45, 7) is 3.60. The molecule has 0 aliphatic carbocycles. The highest BCUT2D eigenvalue weighted by atomic mass is 31.2. The van der Waals surface area contributed by atoms with Crippen molar-refractivity contribution in [2.45, 2.75) is 38.9 Å². The quantitative estimate of drug-likeness (QED) is 0.531. The molecular formula is C10H24O8P2. The van der Waals surface area contributed by atoms with Crippen molar-refractivity contribution in [2.75, 3.05) is 28.4 Å². The standard InChI is InChI=1S/C10H24O8P2/c1-7-9(17-19(11,13-3)14-4)10(8-2)18-20(12,15-5)16-6/h9-10H,7-8H2,1-6H3. The molecule has 0 saturated heterocycles. The molecule has 122 valence electrons. The molecule has 8 nitrogen and oxygen atoms in total. The highest BCUT2D eigenvalue weighted by molar-refractivity contribution is 7.48. The molecule has 0 spiro atoms. The predicted octanol–water partition coefficient (Wildman–Crippen LogP) is 3.38. The maximum atomic E-state index is 12.0. The van der Waals surface area contributed by atoms with Crippen LogP contribution in [0.2, 0.25) is 0 Å². The van der Waals surface area contributed by atoms with Crippen LogP contribution >= 0.6 is 15.6 Å². The summed E-state index contributed by atoms with van der Waals surface area (Å²) in [6, 6.07) is 0. The van der Waals surface area contributed by atoms with E-state index in [0.29, 0.717) is 12.8 Å². The molecule has 0 N–H and O–H groups in total. The van der Waals surface area contributed by atoms with Crippen LogP contribution in [0.25, 0.3) is 0 Å². The largest absolute Gasteiger partial charge is 0.474 e. The molecule has 20 heavy (non-hydrogen) atoms. The lowest BCUT2D eigenvalue weighted by Crippen LogP contribution is -2.30. The zero-order chi connectivity index (χ0) is 15.8. The van der Waals surface area contributed by atoms with Gasteiger partial charge in [0, 0.05) is 28.4 Å². The Hall–Kier alpha value is 0.220. The van der Waals surface area contributed by atoms with Gasteiger partial charge in [-0.3, -0.25) is 27.1 Å². The van der Waals surface area contributed by atoms with E-state index in [-0.39, 0.29) is 0 Å². The van der Waals surface area contributed by atoms with E-state index in [4.69, 9.17) is 27.1 Å². The number of hydrogen-bond donors (Lipinski definition) is 0. The highest BCUT2D eigenvalue weighted by Gasteiger charge is 2.36. The Labute approximate surface area is 120 Å². The summed E-state index contributed by atoms with van der Waals surface area (Å²) in [5.74, 6) is 0. The van der Waals surface area contributed by atoms with Gasteiger partial charge in [0.2, 0.25) is 0 Å². The third kappa shape index (κ3) is 5.92. The Kier molecular flexibility index (Phi) is 9.38.